The number of carbonyl (C=O) groups is 1. The highest BCUT2D eigenvalue weighted by atomic mass is 32.1. The molecule has 1 saturated heterocycles. The average Bonchev–Trinajstić information content (AvgIpc) is 3.77. The van der Waals surface area contributed by atoms with Crippen molar-refractivity contribution in [1.29, 1.82) is 0 Å². The predicted octanol–water partition coefficient (Wildman–Crippen LogP) is 5.15. The van der Waals surface area contributed by atoms with Crippen LogP contribution in [-0.2, 0) is 6.61 Å². The Morgan fingerprint density at radius 2 is 2.05 bits per heavy atom. The number of methoxy groups -OCH3 is 1. The summed E-state index contributed by atoms with van der Waals surface area (Å²) in [5.41, 5.74) is 4.29. The van der Waals surface area contributed by atoms with Gasteiger partial charge in [-0.25, -0.2) is 19.5 Å². The van der Waals surface area contributed by atoms with Crippen molar-refractivity contribution in [2.75, 3.05) is 20.2 Å². The summed E-state index contributed by atoms with van der Waals surface area (Å²) in [5.74, 6) is 2.19. The zero-order valence-electron chi connectivity index (χ0n) is 23.6. The van der Waals surface area contributed by atoms with Gasteiger partial charge in [0.2, 0.25) is 0 Å². The number of piperidine rings is 1. The van der Waals surface area contributed by atoms with E-state index in [0.717, 1.165) is 40.2 Å². The van der Waals surface area contributed by atoms with Crippen LogP contribution < -0.4 is 9.47 Å². The fourth-order valence-electron chi connectivity index (χ4n) is 5.17. The van der Waals surface area contributed by atoms with Crippen LogP contribution in [0, 0.1) is 6.92 Å². The molecule has 0 saturated carbocycles. The Morgan fingerprint density at radius 3 is 2.86 bits per heavy atom. The van der Waals surface area contributed by atoms with Gasteiger partial charge in [0.05, 0.1) is 42.4 Å². The van der Waals surface area contributed by atoms with Gasteiger partial charge in [0.1, 0.15) is 34.4 Å². The third kappa shape index (κ3) is 5.42. The van der Waals surface area contributed by atoms with E-state index in [-0.39, 0.29) is 12.5 Å². The molecule has 6 aromatic rings. The lowest BCUT2D eigenvalue weighted by Crippen LogP contribution is -2.42. The van der Waals surface area contributed by atoms with Gasteiger partial charge in [0.25, 0.3) is 11.7 Å². The summed E-state index contributed by atoms with van der Waals surface area (Å²) >= 11 is 1.51. The summed E-state index contributed by atoms with van der Waals surface area (Å²) in [4.78, 5) is 28.2. The van der Waals surface area contributed by atoms with Crippen LogP contribution in [0.3, 0.4) is 0 Å². The molecule has 0 spiro atoms. The van der Waals surface area contributed by atoms with Crippen molar-refractivity contribution in [3.05, 3.63) is 77.2 Å². The van der Waals surface area contributed by atoms with Gasteiger partial charge in [-0.1, -0.05) is 12.1 Å². The molecule has 12 heteroatoms. The zero-order valence-corrected chi connectivity index (χ0v) is 24.4. The number of amides is 1. The number of imidazole rings is 1. The Labute approximate surface area is 250 Å². The number of rotatable bonds is 7. The normalized spacial score (nSPS) is 15.3. The Hall–Kier alpha value is -4.81. The standard InChI is InChI=1S/C31H28N6O5S/c1-18-13-32-31-34-25(15-37(31)35-18)28-12-24-26(10-23(40-2)11-27(24)42-28)41-16-21-17-43-29(33-21)19-5-7-20(8-6-19)30(39)36-9-3-4-22(38)14-36/h5-8,10-13,15,17,22,38H,3-4,9,14,16H2,1-2H3/t22-/m1/s1. The predicted molar refractivity (Wildman–Crippen MR) is 160 cm³/mol. The van der Waals surface area contributed by atoms with Gasteiger partial charge in [-0.3, -0.25) is 4.79 Å². The van der Waals surface area contributed by atoms with Crippen molar-refractivity contribution < 1.29 is 23.8 Å². The van der Waals surface area contributed by atoms with Crippen LogP contribution in [0.25, 0.3) is 38.8 Å². The number of aryl methyl sites for hydroxylation is 1. The maximum Gasteiger partial charge on any atom is 0.253 e. The first kappa shape index (κ1) is 27.0. The summed E-state index contributed by atoms with van der Waals surface area (Å²) < 4.78 is 19.5. The second-order valence-corrected chi connectivity index (χ2v) is 11.3. The Kier molecular flexibility index (Phi) is 6.99. The van der Waals surface area contributed by atoms with Crippen LogP contribution in [-0.4, -0.2) is 66.8 Å². The van der Waals surface area contributed by atoms with Gasteiger partial charge in [-0.15, -0.1) is 11.3 Å². The number of aliphatic hydroxyl groups is 1. The number of hydrogen-bond acceptors (Lipinski definition) is 10. The topological polar surface area (TPSA) is 128 Å². The number of likely N-dealkylation sites (tertiary alicyclic amines) is 1. The quantitative estimate of drug-likeness (QED) is 0.266. The van der Waals surface area contributed by atoms with E-state index in [1.54, 1.807) is 28.9 Å². The number of ether oxygens (including phenoxy) is 2. The Balaban J connectivity index is 1.08. The lowest BCUT2D eigenvalue weighted by molar-refractivity contribution is 0.0474. The molecule has 4 aromatic heterocycles. The summed E-state index contributed by atoms with van der Waals surface area (Å²) in [7, 11) is 1.60. The Bertz CT molecular complexity index is 1950. The molecule has 43 heavy (non-hydrogen) atoms. The van der Waals surface area contributed by atoms with Crippen molar-refractivity contribution in [2.45, 2.75) is 32.5 Å². The smallest absolute Gasteiger partial charge is 0.253 e. The largest absolute Gasteiger partial charge is 0.496 e. The van der Waals surface area contributed by atoms with Crippen molar-refractivity contribution in [3.63, 3.8) is 0 Å². The minimum Gasteiger partial charge on any atom is -0.496 e. The maximum atomic E-state index is 12.9. The molecule has 1 N–H and O–H groups in total. The summed E-state index contributed by atoms with van der Waals surface area (Å²) in [5, 5.41) is 17.9. The molecule has 7 rings (SSSR count). The fraction of sp³-hybridized carbons (Fsp3) is 0.258. The number of β-amino-alcohol motifs (C(OH)–C–C–N with tert-alkyl or cyclic N) is 1. The number of furan rings is 1. The van der Waals surface area contributed by atoms with Crippen LogP contribution in [0.2, 0.25) is 0 Å². The fourth-order valence-corrected chi connectivity index (χ4v) is 5.98. The maximum absolute atomic E-state index is 12.9. The van der Waals surface area contributed by atoms with E-state index in [2.05, 4.69) is 15.1 Å². The molecule has 11 nitrogen and oxygen atoms in total. The molecule has 0 aliphatic carbocycles. The second-order valence-electron chi connectivity index (χ2n) is 10.5. The average molecular weight is 597 g/mol. The van der Waals surface area contributed by atoms with Gasteiger partial charge >= 0.3 is 0 Å². The van der Waals surface area contributed by atoms with Gasteiger partial charge < -0.3 is 23.9 Å². The van der Waals surface area contributed by atoms with Crippen LogP contribution in [0.15, 0.2) is 64.7 Å². The van der Waals surface area contributed by atoms with Crippen molar-refractivity contribution >= 4 is 34.0 Å². The molecular formula is C31H28N6O5S. The van der Waals surface area contributed by atoms with Gasteiger partial charge in [-0.05, 0) is 38.0 Å². The third-order valence-electron chi connectivity index (χ3n) is 7.35. The van der Waals surface area contributed by atoms with Crippen LogP contribution in [0.1, 0.15) is 34.6 Å². The highest BCUT2D eigenvalue weighted by Gasteiger charge is 2.23. The lowest BCUT2D eigenvalue weighted by Gasteiger charge is -2.30. The van der Waals surface area contributed by atoms with E-state index >= 15 is 0 Å². The van der Waals surface area contributed by atoms with Gasteiger partial charge in [0, 0.05) is 41.7 Å². The number of carbonyl (C=O) groups excluding carboxylic acids is 1. The summed E-state index contributed by atoms with van der Waals surface area (Å²) in [6.45, 7) is 3.17. The Morgan fingerprint density at radius 1 is 1.19 bits per heavy atom. The first-order valence-corrected chi connectivity index (χ1v) is 14.8. The number of hydrogen-bond donors (Lipinski definition) is 1. The van der Waals surface area contributed by atoms with E-state index in [9.17, 15) is 9.90 Å². The van der Waals surface area contributed by atoms with Gasteiger partial charge in [0.15, 0.2) is 5.76 Å². The summed E-state index contributed by atoms with van der Waals surface area (Å²) in [6.07, 6.45) is 4.55. The number of nitrogens with zero attached hydrogens (tertiary/aromatic N) is 6. The molecule has 2 aromatic carbocycles. The molecule has 1 fully saturated rings. The first-order chi connectivity index (χ1) is 20.9. The minimum absolute atomic E-state index is 0.0600. The molecular weight excluding hydrogens is 568 g/mol. The molecule has 0 radical (unpaired) electrons. The molecule has 0 unspecified atom stereocenters. The third-order valence-corrected chi connectivity index (χ3v) is 8.29. The lowest BCUT2D eigenvalue weighted by atomic mass is 10.1. The molecule has 5 heterocycles. The minimum atomic E-state index is -0.451. The number of aliphatic hydroxyl groups excluding tert-OH is 1. The van der Waals surface area contributed by atoms with Crippen molar-refractivity contribution in [3.8, 4) is 33.5 Å². The van der Waals surface area contributed by atoms with Crippen molar-refractivity contribution in [2.24, 2.45) is 0 Å². The number of fused-ring (bicyclic) bond motifs is 2. The molecule has 0 bridgehead atoms. The number of benzene rings is 2. The van der Waals surface area contributed by atoms with Crippen molar-refractivity contribution in [1.82, 2.24) is 29.5 Å². The monoisotopic (exact) mass is 596 g/mol. The van der Waals surface area contributed by atoms with E-state index in [4.69, 9.17) is 18.9 Å². The van der Waals surface area contributed by atoms with Gasteiger partial charge in [-0.2, -0.15) is 5.10 Å². The zero-order chi connectivity index (χ0) is 29.5. The van der Waals surface area contributed by atoms with Crippen LogP contribution >= 0.6 is 11.3 Å². The first-order valence-electron chi connectivity index (χ1n) is 13.9. The highest BCUT2D eigenvalue weighted by molar-refractivity contribution is 7.13. The molecule has 1 aliphatic rings. The molecule has 218 valence electrons. The van der Waals surface area contributed by atoms with E-state index < -0.39 is 6.10 Å². The van der Waals surface area contributed by atoms with E-state index in [0.29, 0.717) is 53.0 Å². The number of thiazole rings is 1. The second kappa shape index (κ2) is 11.1. The van der Waals surface area contributed by atoms with E-state index in [1.165, 1.54) is 11.3 Å². The summed E-state index contributed by atoms with van der Waals surface area (Å²) in [6, 6.07) is 13.0. The molecule has 1 amide bonds. The molecule has 1 aliphatic heterocycles. The van der Waals surface area contributed by atoms with Crippen LogP contribution in [0.4, 0.5) is 0 Å². The van der Waals surface area contributed by atoms with Crippen LogP contribution in [0.5, 0.6) is 11.5 Å². The number of aromatic nitrogens is 5. The highest BCUT2D eigenvalue weighted by Crippen LogP contribution is 2.37. The SMILES string of the molecule is COc1cc(OCc2csc(-c3ccc(C(=O)N4CCC[C@@H](O)C4)cc3)n2)c2cc(-c3cn4nc(C)cnc4n3)oc2c1. The molecule has 1 atom stereocenters. The van der Waals surface area contributed by atoms with E-state index in [1.807, 2.05) is 54.8 Å².